The first kappa shape index (κ1) is 14.0. The van der Waals surface area contributed by atoms with Crippen molar-refractivity contribution in [2.24, 2.45) is 5.92 Å². The quantitative estimate of drug-likeness (QED) is 0.729. The molecule has 0 saturated heterocycles. The molecule has 1 saturated carbocycles. The Kier molecular flexibility index (Phi) is 4.56. The van der Waals surface area contributed by atoms with Crippen LogP contribution in [0.5, 0.6) is 5.75 Å². The molecule has 3 heteroatoms. The fourth-order valence-electron chi connectivity index (χ4n) is 2.36. The number of ether oxygens (including phenoxy) is 1. The molecule has 0 aromatic heterocycles. The molecule has 1 aromatic rings. The molecule has 2 rings (SSSR count). The van der Waals surface area contributed by atoms with Gasteiger partial charge >= 0.3 is 0 Å². The molecule has 0 bridgehead atoms. The first-order valence-electron chi connectivity index (χ1n) is 7.40. The van der Waals surface area contributed by atoms with Crippen LogP contribution in [0.15, 0.2) is 18.2 Å². The highest BCUT2D eigenvalue weighted by Crippen LogP contribution is 2.35. The topological polar surface area (TPSA) is 47.3 Å². The van der Waals surface area contributed by atoms with Crippen LogP contribution in [0.2, 0.25) is 0 Å². The Hall–Kier alpha value is -1.38. The van der Waals surface area contributed by atoms with Gasteiger partial charge in [0.25, 0.3) is 0 Å². The van der Waals surface area contributed by atoms with Crippen LogP contribution in [-0.2, 0) is 0 Å². The maximum Gasteiger partial charge on any atom is 0.123 e. The van der Waals surface area contributed by atoms with Gasteiger partial charge in [0, 0.05) is 29.5 Å². The minimum absolute atomic E-state index is 0.170. The van der Waals surface area contributed by atoms with E-state index in [9.17, 15) is 0 Å². The molecule has 1 atom stereocenters. The zero-order chi connectivity index (χ0) is 13.8. The highest BCUT2D eigenvalue weighted by atomic mass is 16.5. The zero-order valence-corrected chi connectivity index (χ0v) is 12.3. The van der Waals surface area contributed by atoms with Crippen molar-refractivity contribution in [2.45, 2.75) is 58.6 Å². The third kappa shape index (κ3) is 4.66. The van der Waals surface area contributed by atoms with Crippen molar-refractivity contribution in [2.75, 3.05) is 11.1 Å². The van der Waals surface area contributed by atoms with Crippen molar-refractivity contribution in [3.63, 3.8) is 0 Å². The first-order chi connectivity index (χ1) is 9.06. The second kappa shape index (κ2) is 6.18. The fourth-order valence-corrected chi connectivity index (χ4v) is 2.36. The van der Waals surface area contributed by atoms with E-state index in [0.717, 1.165) is 29.5 Å². The molecule has 1 fully saturated rings. The number of nitrogens with two attached hydrogens (primary N) is 1. The number of anilines is 2. The first-order valence-corrected chi connectivity index (χ1v) is 7.40. The monoisotopic (exact) mass is 262 g/mol. The average molecular weight is 262 g/mol. The van der Waals surface area contributed by atoms with Crippen LogP contribution in [0, 0.1) is 5.92 Å². The highest BCUT2D eigenvalue weighted by molar-refractivity contribution is 5.59. The van der Waals surface area contributed by atoms with E-state index in [-0.39, 0.29) is 6.10 Å². The minimum atomic E-state index is 0.170. The fraction of sp³-hybridized carbons (Fsp3) is 0.625. The van der Waals surface area contributed by atoms with Crippen molar-refractivity contribution < 1.29 is 4.74 Å². The van der Waals surface area contributed by atoms with Crippen molar-refractivity contribution in [3.05, 3.63) is 18.2 Å². The van der Waals surface area contributed by atoms with E-state index < -0.39 is 0 Å². The Morgan fingerprint density at radius 3 is 2.63 bits per heavy atom. The zero-order valence-electron chi connectivity index (χ0n) is 12.3. The average Bonchev–Trinajstić information content (AvgIpc) is 3.10. The van der Waals surface area contributed by atoms with Gasteiger partial charge in [0.15, 0.2) is 0 Å². The van der Waals surface area contributed by atoms with Gasteiger partial charge in [0.05, 0.1) is 6.10 Å². The molecule has 1 aliphatic rings. The van der Waals surface area contributed by atoms with Crippen LogP contribution in [-0.4, -0.2) is 12.1 Å². The van der Waals surface area contributed by atoms with Gasteiger partial charge in [-0.1, -0.05) is 19.8 Å². The van der Waals surface area contributed by atoms with Gasteiger partial charge in [-0.2, -0.15) is 0 Å². The summed E-state index contributed by atoms with van der Waals surface area (Å²) < 4.78 is 5.72. The lowest BCUT2D eigenvalue weighted by molar-refractivity contribution is 0.242. The summed E-state index contributed by atoms with van der Waals surface area (Å²) >= 11 is 0. The van der Waals surface area contributed by atoms with E-state index in [1.54, 1.807) is 0 Å². The van der Waals surface area contributed by atoms with Crippen LogP contribution in [0.4, 0.5) is 11.4 Å². The van der Waals surface area contributed by atoms with Crippen LogP contribution in [0.3, 0.4) is 0 Å². The van der Waals surface area contributed by atoms with Crippen molar-refractivity contribution in [3.8, 4) is 5.75 Å². The standard InChI is InChI=1S/C16H26N2O/c1-4-14(7-12-5-6-12)18-15-8-13(17)9-16(10-15)19-11(2)3/h8-12,14,18H,4-7,17H2,1-3H3. The molecule has 19 heavy (non-hydrogen) atoms. The summed E-state index contributed by atoms with van der Waals surface area (Å²) in [5, 5.41) is 3.59. The smallest absolute Gasteiger partial charge is 0.123 e. The summed E-state index contributed by atoms with van der Waals surface area (Å²) in [5.74, 6) is 1.78. The SMILES string of the molecule is CCC(CC1CC1)Nc1cc(N)cc(OC(C)C)c1. The van der Waals surface area contributed by atoms with Crippen LogP contribution >= 0.6 is 0 Å². The molecule has 106 valence electrons. The van der Waals surface area contributed by atoms with E-state index >= 15 is 0 Å². The van der Waals surface area contributed by atoms with Gasteiger partial charge < -0.3 is 15.8 Å². The van der Waals surface area contributed by atoms with Crippen LogP contribution < -0.4 is 15.8 Å². The molecule has 1 unspecified atom stereocenters. The summed E-state index contributed by atoms with van der Waals surface area (Å²) in [6.07, 6.45) is 5.38. The Morgan fingerprint density at radius 1 is 1.32 bits per heavy atom. The number of hydrogen-bond acceptors (Lipinski definition) is 3. The molecule has 0 heterocycles. The maximum absolute atomic E-state index is 5.95. The molecule has 0 aliphatic heterocycles. The lowest BCUT2D eigenvalue weighted by Crippen LogP contribution is -2.19. The van der Waals surface area contributed by atoms with E-state index in [2.05, 4.69) is 12.2 Å². The van der Waals surface area contributed by atoms with Gasteiger partial charge in [-0.25, -0.2) is 0 Å². The Bertz CT molecular complexity index is 413. The normalized spacial score (nSPS) is 16.4. The number of rotatable bonds is 7. The van der Waals surface area contributed by atoms with Crippen LogP contribution in [0.25, 0.3) is 0 Å². The van der Waals surface area contributed by atoms with Gasteiger partial charge in [-0.05, 0) is 38.7 Å². The molecular weight excluding hydrogens is 236 g/mol. The highest BCUT2D eigenvalue weighted by Gasteiger charge is 2.24. The molecule has 1 aliphatic carbocycles. The second-order valence-electron chi connectivity index (χ2n) is 5.89. The third-order valence-electron chi connectivity index (χ3n) is 3.48. The van der Waals surface area contributed by atoms with Gasteiger partial charge in [-0.3, -0.25) is 0 Å². The Balaban J connectivity index is 2.02. The van der Waals surface area contributed by atoms with Crippen LogP contribution in [0.1, 0.15) is 46.5 Å². The summed E-state index contributed by atoms with van der Waals surface area (Å²) in [6, 6.07) is 6.46. The predicted octanol–water partition coefficient (Wildman–Crippen LogP) is 4.05. The maximum atomic E-state index is 5.95. The molecule has 3 N–H and O–H groups in total. The predicted molar refractivity (Wildman–Crippen MR) is 81.7 cm³/mol. The summed E-state index contributed by atoms with van der Waals surface area (Å²) in [7, 11) is 0. The molecule has 3 nitrogen and oxygen atoms in total. The van der Waals surface area contributed by atoms with E-state index in [0.29, 0.717) is 6.04 Å². The number of nitrogen functional groups attached to an aromatic ring is 1. The summed E-state index contributed by atoms with van der Waals surface area (Å²) in [5.41, 5.74) is 7.77. The third-order valence-corrected chi connectivity index (χ3v) is 3.48. The second-order valence-corrected chi connectivity index (χ2v) is 5.89. The van der Waals surface area contributed by atoms with E-state index in [1.807, 2.05) is 32.0 Å². The Morgan fingerprint density at radius 2 is 2.05 bits per heavy atom. The molecule has 0 spiro atoms. The molecular formula is C16H26N2O. The van der Waals surface area contributed by atoms with Gasteiger partial charge in [0.2, 0.25) is 0 Å². The van der Waals surface area contributed by atoms with E-state index in [4.69, 9.17) is 10.5 Å². The van der Waals surface area contributed by atoms with Gasteiger partial charge in [-0.15, -0.1) is 0 Å². The molecule has 0 radical (unpaired) electrons. The van der Waals surface area contributed by atoms with Crippen molar-refractivity contribution in [1.29, 1.82) is 0 Å². The molecule has 1 aromatic carbocycles. The van der Waals surface area contributed by atoms with Crippen molar-refractivity contribution in [1.82, 2.24) is 0 Å². The Labute approximate surface area is 116 Å². The lowest BCUT2D eigenvalue weighted by atomic mass is 10.1. The van der Waals surface area contributed by atoms with Crippen molar-refractivity contribution >= 4 is 11.4 Å². The number of nitrogens with one attached hydrogen (secondary N) is 1. The largest absolute Gasteiger partial charge is 0.491 e. The summed E-state index contributed by atoms with van der Waals surface area (Å²) in [4.78, 5) is 0. The minimum Gasteiger partial charge on any atom is -0.491 e. The number of benzene rings is 1. The van der Waals surface area contributed by atoms with E-state index in [1.165, 1.54) is 19.3 Å². The molecule has 0 amide bonds. The lowest BCUT2D eigenvalue weighted by Gasteiger charge is -2.19. The van der Waals surface area contributed by atoms with Gasteiger partial charge in [0.1, 0.15) is 5.75 Å². The number of hydrogen-bond donors (Lipinski definition) is 2. The summed E-state index contributed by atoms with van der Waals surface area (Å²) in [6.45, 7) is 6.29.